The molecular formula is C18H19ClN4O. The summed E-state index contributed by atoms with van der Waals surface area (Å²) in [6.07, 6.45) is 9.79. The molecule has 0 aliphatic heterocycles. The monoisotopic (exact) mass is 342 g/mol. The van der Waals surface area contributed by atoms with E-state index < -0.39 is 0 Å². The minimum Gasteiger partial charge on any atom is -0.335 e. The Labute approximate surface area is 146 Å². The van der Waals surface area contributed by atoms with E-state index in [0.717, 1.165) is 17.0 Å². The molecule has 2 amide bonds. The van der Waals surface area contributed by atoms with Gasteiger partial charge in [-0.3, -0.25) is 4.68 Å². The molecule has 0 radical (unpaired) electrons. The van der Waals surface area contributed by atoms with Crippen molar-refractivity contribution in [1.82, 2.24) is 20.0 Å². The number of rotatable bonds is 5. The summed E-state index contributed by atoms with van der Waals surface area (Å²) in [5.41, 5.74) is 2.12. The Morgan fingerprint density at radius 2 is 2.42 bits per heavy atom. The molecule has 1 aliphatic carbocycles. The minimum atomic E-state index is -0.0887. The first-order chi connectivity index (χ1) is 11.6. The molecule has 24 heavy (non-hydrogen) atoms. The van der Waals surface area contributed by atoms with Crippen molar-refractivity contribution in [2.24, 2.45) is 0 Å². The Kier molecular flexibility index (Phi) is 4.77. The Morgan fingerprint density at radius 1 is 1.58 bits per heavy atom. The number of benzene rings is 1. The van der Waals surface area contributed by atoms with Crippen LogP contribution < -0.4 is 5.32 Å². The fourth-order valence-electron chi connectivity index (χ4n) is 2.74. The van der Waals surface area contributed by atoms with Crippen LogP contribution in [0.3, 0.4) is 0 Å². The lowest BCUT2D eigenvalue weighted by Crippen LogP contribution is -2.38. The fourth-order valence-corrected chi connectivity index (χ4v) is 2.94. The number of aromatic nitrogens is 2. The van der Waals surface area contributed by atoms with Gasteiger partial charge in [-0.2, -0.15) is 5.10 Å². The third-order valence-corrected chi connectivity index (χ3v) is 4.32. The zero-order valence-corrected chi connectivity index (χ0v) is 14.2. The molecule has 124 valence electrons. The molecule has 1 aliphatic rings. The van der Waals surface area contributed by atoms with Crippen molar-refractivity contribution in [2.75, 3.05) is 7.05 Å². The van der Waals surface area contributed by atoms with Gasteiger partial charge in [-0.05, 0) is 24.1 Å². The van der Waals surface area contributed by atoms with E-state index in [2.05, 4.69) is 16.3 Å². The first-order valence-corrected chi connectivity index (χ1v) is 8.16. The Morgan fingerprint density at radius 3 is 3.17 bits per heavy atom. The van der Waals surface area contributed by atoms with Gasteiger partial charge >= 0.3 is 6.03 Å². The van der Waals surface area contributed by atoms with Crippen LogP contribution in [0.4, 0.5) is 4.79 Å². The van der Waals surface area contributed by atoms with Crippen molar-refractivity contribution in [1.29, 1.82) is 0 Å². The van der Waals surface area contributed by atoms with E-state index in [4.69, 9.17) is 18.0 Å². The number of carbonyl (C=O) groups excluding carboxylic acids is 1. The molecular weight excluding hydrogens is 324 g/mol. The predicted octanol–water partition coefficient (Wildman–Crippen LogP) is 2.87. The van der Waals surface area contributed by atoms with E-state index in [1.54, 1.807) is 22.8 Å². The van der Waals surface area contributed by atoms with Crippen LogP contribution in [0.15, 0.2) is 36.7 Å². The number of halogens is 1. The second kappa shape index (κ2) is 6.98. The van der Waals surface area contributed by atoms with E-state index in [1.807, 2.05) is 30.5 Å². The van der Waals surface area contributed by atoms with E-state index >= 15 is 0 Å². The second-order valence-corrected chi connectivity index (χ2v) is 6.50. The van der Waals surface area contributed by atoms with Crippen LogP contribution in [0.1, 0.15) is 23.5 Å². The Bertz CT molecular complexity index is 779. The number of terminal acetylenes is 1. The quantitative estimate of drug-likeness (QED) is 0.849. The van der Waals surface area contributed by atoms with Crippen LogP contribution in [0.2, 0.25) is 5.02 Å². The summed E-state index contributed by atoms with van der Waals surface area (Å²) in [7, 11) is 1.77. The van der Waals surface area contributed by atoms with Crippen LogP contribution >= 0.6 is 11.6 Å². The summed E-state index contributed by atoms with van der Waals surface area (Å²) in [6, 6.07) is 7.88. The molecule has 1 heterocycles. The maximum atomic E-state index is 12.3. The summed E-state index contributed by atoms with van der Waals surface area (Å²) in [4.78, 5) is 13.9. The Balaban J connectivity index is 1.51. The molecule has 2 aromatic rings. The molecule has 1 fully saturated rings. The van der Waals surface area contributed by atoms with Gasteiger partial charge in [-0.1, -0.05) is 29.7 Å². The molecule has 1 N–H and O–H groups in total. The average Bonchev–Trinajstić information content (AvgIpc) is 3.18. The molecule has 3 rings (SSSR count). The molecule has 1 aromatic carbocycles. The average molecular weight is 343 g/mol. The summed E-state index contributed by atoms with van der Waals surface area (Å²) >= 11 is 6.02. The highest BCUT2D eigenvalue weighted by Gasteiger charge is 2.40. The van der Waals surface area contributed by atoms with Gasteiger partial charge < -0.3 is 10.2 Å². The first kappa shape index (κ1) is 16.4. The molecule has 2 atom stereocenters. The molecule has 1 saturated carbocycles. The Hall–Kier alpha value is -2.45. The zero-order valence-electron chi connectivity index (χ0n) is 13.4. The SMILES string of the molecule is C#CCn1cc(CN(C)C(=O)NC2CC2c2cccc(Cl)c2)cn1. The normalized spacial score (nSPS) is 18.7. The van der Waals surface area contributed by atoms with Crippen molar-refractivity contribution < 1.29 is 4.79 Å². The smallest absolute Gasteiger partial charge is 0.317 e. The van der Waals surface area contributed by atoms with Gasteiger partial charge in [0.1, 0.15) is 6.54 Å². The highest BCUT2D eigenvalue weighted by atomic mass is 35.5. The third-order valence-electron chi connectivity index (χ3n) is 4.08. The van der Waals surface area contributed by atoms with Crippen LogP contribution in [-0.2, 0) is 13.1 Å². The zero-order chi connectivity index (χ0) is 17.1. The van der Waals surface area contributed by atoms with E-state index in [-0.39, 0.29) is 12.1 Å². The predicted molar refractivity (Wildman–Crippen MR) is 93.7 cm³/mol. The maximum absolute atomic E-state index is 12.3. The molecule has 0 saturated heterocycles. The van der Waals surface area contributed by atoms with Gasteiger partial charge in [0, 0.05) is 35.8 Å². The number of nitrogens with zero attached hydrogens (tertiary/aromatic N) is 3. The van der Waals surface area contributed by atoms with Gasteiger partial charge in [0.25, 0.3) is 0 Å². The van der Waals surface area contributed by atoms with Crippen molar-refractivity contribution in [2.45, 2.75) is 31.5 Å². The number of nitrogens with one attached hydrogen (secondary N) is 1. The van der Waals surface area contributed by atoms with Gasteiger partial charge in [-0.25, -0.2) is 4.79 Å². The van der Waals surface area contributed by atoms with Crippen molar-refractivity contribution in [3.63, 3.8) is 0 Å². The highest BCUT2D eigenvalue weighted by Crippen LogP contribution is 2.41. The lowest BCUT2D eigenvalue weighted by atomic mass is 10.1. The largest absolute Gasteiger partial charge is 0.335 e. The second-order valence-electron chi connectivity index (χ2n) is 6.06. The summed E-state index contributed by atoms with van der Waals surface area (Å²) in [5.74, 6) is 2.88. The van der Waals surface area contributed by atoms with E-state index in [0.29, 0.717) is 19.0 Å². The molecule has 6 heteroatoms. The van der Waals surface area contributed by atoms with Crippen LogP contribution in [0.25, 0.3) is 0 Å². The van der Waals surface area contributed by atoms with Crippen LogP contribution in [0, 0.1) is 12.3 Å². The van der Waals surface area contributed by atoms with Crippen molar-refractivity contribution in [3.8, 4) is 12.3 Å². The summed E-state index contributed by atoms with van der Waals surface area (Å²) in [5, 5.41) is 7.94. The molecule has 2 unspecified atom stereocenters. The maximum Gasteiger partial charge on any atom is 0.317 e. The molecule has 0 spiro atoms. The van der Waals surface area contributed by atoms with Crippen LogP contribution in [0.5, 0.6) is 0 Å². The molecule has 0 bridgehead atoms. The minimum absolute atomic E-state index is 0.0887. The number of carbonyl (C=O) groups is 1. The lowest BCUT2D eigenvalue weighted by Gasteiger charge is -2.17. The van der Waals surface area contributed by atoms with Gasteiger partial charge in [-0.15, -0.1) is 6.42 Å². The molecule has 5 nitrogen and oxygen atoms in total. The topological polar surface area (TPSA) is 50.2 Å². The number of hydrogen-bond acceptors (Lipinski definition) is 2. The lowest BCUT2D eigenvalue weighted by molar-refractivity contribution is 0.206. The van der Waals surface area contributed by atoms with Gasteiger partial charge in [0.05, 0.1) is 12.7 Å². The number of urea groups is 1. The molecule has 1 aromatic heterocycles. The number of amides is 2. The van der Waals surface area contributed by atoms with E-state index in [1.165, 1.54) is 5.56 Å². The number of hydrogen-bond donors (Lipinski definition) is 1. The van der Waals surface area contributed by atoms with Gasteiger partial charge in [0.2, 0.25) is 0 Å². The van der Waals surface area contributed by atoms with Crippen molar-refractivity contribution >= 4 is 17.6 Å². The fraction of sp³-hybridized carbons (Fsp3) is 0.333. The van der Waals surface area contributed by atoms with Gasteiger partial charge in [0.15, 0.2) is 0 Å². The summed E-state index contributed by atoms with van der Waals surface area (Å²) < 4.78 is 1.68. The highest BCUT2D eigenvalue weighted by molar-refractivity contribution is 6.30. The first-order valence-electron chi connectivity index (χ1n) is 7.78. The van der Waals surface area contributed by atoms with Crippen LogP contribution in [-0.4, -0.2) is 33.8 Å². The van der Waals surface area contributed by atoms with E-state index in [9.17, 15) is 4.79 Å². The summed E-state index contributed by atoms with van der Waals surface area (Å²) in [6.45, 7) is 0.921. The standard InChI is InChI=1S/C18H19ClN4O/c1-3-7-23-12-13(10-20-23)11-22(2)18(24)21-17-9-16(17)14-5-4-6-15(19)8-14/h1,4-6,8,10,12,16-17H,7,9,11H2,2H3,(H,21,24). The third kappa shape index (κ3) is 3.90. The van der Waals surface area contributed by atoms with Crippen molar-refractivity contribution in [3.05, 3.63) is 52.8 Å².